The maximum atomic E-state index is 13.2. The molecule has 3 rings (SSSR count). The zero-order chi connectivity index (χ0) is 22.1. The first-order valence-corrected chi connectivity index (χ1v) is 10.6. The molecule has 0 spiro atoms. The molecule has 1 aliphatic rings. The van der Waals surface area contributed by atoms with Crippen molar-refractivity contribution in [2.45, 2.75) is 66.0 Å². The fraction of sp³-hybridized carbons (Fsp3) is 0.500. The SMILES string of the molecule is Cc1cccc(-n2c(C)cc(C(=O)N3CCC(NC(=O)OC(C)(C)C)CC3)c2C)c1. The molecule has 2 aromatic rings. The van der Waals surface area contributed by atoms with Crippen molar-refractivity contribution >= 4 is 12.0 Å². The number of carbonyl (C=O) groups is 2. The number of rotatable bonds is 3. The Labute approximate surface area is 179 Å². The maximum Gasteiger partial charge on any atom is 0.407 e. The smallest absolute Gasteiger partial charge is 0.407 e. The van der Waals surface area contributed by atoms with Gasteiger partial charge in [0.1, 0.15) is 5.60 Å². The summed E-state index contributed by atoms with van der Waals surface area (Å²) in [6, 6.07) is 10.3. The number of hydrogen-bond acceptors (Lipinski definition) is 3. The van der Waals surface area contributed by atoms with Crippen LogP contribution in [0.3, 0.4) is 0 Å². The van der Waals surface area contributed by atoms with Crippen molar-refractivity contribution in [2.75, 3.05) is 13.1 Å². The summed E-state index contributed by atoms with van der Waals surface area (Å²) < 4.78 is 7.47. The van der Waals surface area contributed by atoms with E-state index in [2.05, 4.69) is 35.0 Å². The molecule has 6 heteroatoms. The lowest BCUT2D eigenvalue weighted by Crippen LogP contribution is -2.47. The van der Waals surface area contributed by atoms with Gasteiger partial charge in [0.25, 0.3) is 5.91 Å². The van der Waals surface area contributed by atoms with Crippen LogP contribution in [0.15, 0.2) is 30.3 Å². The van der Waals surface area contributed by atoms with Crippen LogP contribution in [0.4, 0.5) is 4.79 Å². The summed E-state index contributed by atoms with van der Waals surface area (Å²) in [5, 5.41) is 2.92. The number of aromatic nitrogens is 1. The lowest BCUT2D eigenvalue weighted by Gasteiger charge is -2.33. The molecule has 1 aromatic heterocycles. The van der Waals surface area contributed by atoms with E-state index in [9.17, 15) is 9.59 Å². The van der Waals surface area contributed by atoms with Crippen LogP contribution in [0.2, 0.25) is 0 Å². The van der Waals surface area contributed by atoms with Gasteiger partial charge in [-0.3, -0.25) is 4.79 Å². The normalized spacial score (nSPS) is 15.2. The van der Waals surface area contributed by atoms with Crippen molar-refractivity contribution in [3.63, 3.8) is 0 Å². The van der Waals surface area contributed by atoms with Crippen LogP contribution in [0.5, 0.6) is 0 Å². The Kier molecular flexibility index (Phi) is 6.25. The number of alkyl carbamates (subject to hydrolysis) is 1. The number of likely N-dealkylation sites (tertiary alicyclic amines) is 1. The lowest BCUT2D eigenvalue weighted by atomic mass is 10.0. The second-order valence-corrected chi connectivity index (χ2v) is 9.17. The Bertz CT molecular complexity index is 932. The van der Waals surface area contributed by atoms with E-state index in [1.807, 2.05) is 51.7 Å². The van der Waals surface area contributed by atoms with E-state index in [0.717, 1.165) is 35.5 Å². The maximum absolute atomic E-state index is 13.2. The molecule has 2 amide bonds. The first-order chi connectivity index (χ1) is 14.0. The van der Waals surface area contributed by atoms with Gasteiger partial charge in [0, 0.05) is 36.2 Å². The minimum atomic E-state index is -0.513. The number of amides is 2. The molecule has 6 nitrogen and oxygen atoms in total. The summed E-state index contributed by atoms with van der Waals surface area (Å²) in [4.78, 5) is 27.1. The summed E-state index contributed by atoms with van der Waals surface area (Å²) in [7, 11) is 0. The molecule has 0 atom stereocenters. The molecule has 0 bridgehead atoms. The van der Waals surface area contributed by atoms with Crippen molar-refractivity contribution < 1.29 is 14.3 Å². The van der Waals surface area contributed by atoms with Gasteiger partial charge in [0.05, 0.1) is 5.56 Å². The van der Waals surface area contributed by atoms with Crippen LogP contribution < -0.4 is 5.32 Å². The minimum Gasteiger partial charge on any atom is -0.444 e. The van der Waals surface area contributed by atoms with Gasteiger partial charge < -0.3 is 19.5 Å². The lowest BCUT2D eigenvalue weighted by molar-refractivity contribution is 0.0473. The second kappa shape index (κ2) is 8.54. The highest BCUT2D eigenvalue weighted by molar-refractivity contribution is 5.96. The van der Waals surface area contributed by atoms with E-state index in [1.54, 1.807) is 0 Å². The predicted molar refractivity (Wildman–Crippen MR) is 118 cm³/mol. The molecular formula is C24H33N3O3. The first-order valence-electron chi connectivity index (χ1n) is 10.6. The van der Waals surface area contributed by atoms with Crippen LogP contribution >= 0.6 is 0 Å². The van der Waals surface area contributed by atoms with Crippen LogP contribution in [0.25, 0.3) is 5.69 Å². The number of piperidine rings is 1. The topological polar surface area (TPSA) is 63.6 Å². The van der Waals surface area contributed by atoms with Crippen LogP contribution in [0.1, 0.15) is 60.9 Å². The van der Waals surface area contributed by atoms with Crippen molar-refractivity contribution in [2.24, 2.45) is 0 Å². The summed E-state index contributed by atoms with van der Waals surface area (Å²) in [6.45, 7) is 12.9. The van der Waals surface area contributed by atoms with Gasteiger partial charge in [-0.25, -0.2) is 4.79 Å². The average Bonchev–Trinajstić information content (AvgIpc) is 2.94. The van der Waals surface area contributed by atoms with Gasteiger partial charge in [0.15, 0.2) is 0 Å². The Morgan fingerprint density at radius 3 is 2.33 bits per heavy atom. The third kappa shape index (κ3) is 5.04. The Morgan fingerprint density at radius 2 is 1.73 bits per heavy atom. The molecule has 1 aliphatic heterocycles. The summed E-state index contributed by atoms with van der Waals surface area (Å²) in [6.07, 6.45) is 1.05. The molecule has 1 aromatic carbocycles. The average molecular weight is 412 g/mol. The molecule has 0 aliphatic carbocycles. The van der Waals surface area contributed by atoms with Gasteiger partial charge >= 0.3 is 6.09 Å². The highest BCUT2D eigenvalue weighted by Gasteiger charge is 2.28. The van der Waals surface area contributed by atoms with Crippen LogP contribution in [0, 0.1) is 20.8 Å². The molecule has 0 radical (unpaired) electrons. The Balaban J connectivity index is 1.66. The molecular weight excluding hydrogens is 378 g/mol. The van der Waals surface area contributed by atoms with Crippen LogP contribution in [-0.2, 0) is 4.74 Å². The largest absolute Gasteiger partial charge is 0.444 e. The van der Waals surface area contributed by atoms with Gasteiger partial charge in [-0.1, -0.05) is 12.1 Å². The number of aryl methyl sites for hydroxylation is 2. The minimum absolute atomic E-state index is 0.0311. The predicted octanol–water partition coefficient (Wildman–Crippen LogP) is 4.53. The zero-order valence-electron chi connectivity index (χ0n) is 18.9. The Hall–Kier alpha value is -2.76. The third-order valence-electron chi connectivity index (χ3n) is 5.42. The third-order valence-corrected chi connectivity index (χ3v) is 5.42. The van der Waals surface area contributed by atoms with E-state index in [0.29, 0.717) is 13.1 Å². The molecule has 2 heterocycles. The molecule has 30 heavy (non-hydrogen) atoms. The zero-order valence-corrected chi connectivity index (χ0v) is 18.9. The molecule has 0 unspecified atom stereocenters. The summed E-state index contributed by atoms with van der Waals surface area (Å²) >= 11 is 0. The molecule has 1 saturated heterocycles. The van der Waals surface area contributed by atoms with Gasteiger partial charge in [-0.05, 0) is 78.1 Å². The van der Waals surface area contributed by atoms with Gasteiger partial charge in [0.2, 0.25) is 0 Å². The summed E-state index contributed by atoms with van der Waals surface area (Å²) in [5.41, 5.74) is 4.49. The summed E-state index contributed by atoms with van der Waals surface area (Å²) in [5.74, 6) is 0.0534. The number of carbonyl (C=O) groups excluding carboxylic acids is 2. The number of hydrogen-bond donors (Lipinski definition) is 1. The standard InChI is InChI=1S/C24H33N3O3/c1-16-8-7-9-20(14-16)27-17(2)15-21(18(27)3)22(28)26-12-10-19(11-13-26)25-23(29)30-24(4,5)6/h7-9,14-15,19H,10-13H2,1-6H3,(H,25,29). The highest BCUT2D eigenvalue weighted by atomic mass is 16.6. The van der Waals surface area contributed by atoms with Crippen molar-refractivity contribution in [3.8, 4) is 5.69 Å². The van der Waals surface area contributed by atoms with E-state index in [-0.39, 0.29) is 11.9 Å². The highest BCUT2D eigenvalue weighted by Crippen LogP contribution is 2.24. The van der Waals surface area contributed by atoms with E-state index in [1.165, 1.54) is 5.56 Å². The molecule has 162 valence electrons. The fourth-order valence-corrected chi connectivity index (χ4v) is 4.02. The van der Waals surface area contributed by atoms with Crippen molar-refractivity contribution in [1.82, 2.24) is 14.8 Å². The van der Waals surface area contributed by atoms with Crippen molar-refractivity contribution in [3.05, 3.63) is 52.8 Å². The number of benzene rings is 1. The van der Waals surface area contributed by atoms with Crippen molar-refractivity contribution in [1.29, 1.82) is 0 Å². The number of nitrogens with zero attached hydrogens (tertiary/aromatic N) is 2. The molecule has 1 fully saturated rings. The first kappa shape index (κ1) is 21.9. The molecule has 0 saturated carbocycles. The molecule has 1 N–H and O–H groups in total. The number of nitrogens with one attached hydrogen (secondary N) is 1. The fourth-order valence-electron chi connectivity index (χ4n) is 4.02. The second-order valence-electron chi connectivity index (χ2n) is 9.17. The van der Waals surface area contributed by atoms with E-state index < -0.39 is 11.7 Å². The van der Waals surface area contributed by atoms with Crippen LogP contribution in [-0.4, -0.2) is 46.2 Å². The van der Waals surface area contributed by atoms with E-state index in [4.69, 9.17) is 4.74 Å². The monoisotopic (exact) mass is 411 g/mol. The van der Waals surface area contributed by atoms with Gasteiger partial charge in [-0.2, -0.15) is 0 Å². The quantitative estimate of drug-likeness (QED) is 0.807. The van der Waals surface area contributed by atoms with Gasteiger partial charge in [-0.15, -0.1) is 0 Å². The Morgan fingerprint density at radius 1 is 1.07 bits per heavy atom. The van der Waals surface area contributed by atoms with E-state index >= 15 is 0 Å². The number of ether oxygens (including phenoxy) is 1.